The van der Waals surface area contributed by atoms with Gasteiger partial charge in [0.15, 0.2) is 0 Å². The summed E-state index contributed by atoms with van der Waals surface area (Å²) in [6, 6.07) is 7.78. The van der Waals surface area contributed by atoms with Gasteiger partial charge >= 0.3 is 0 Å². The predicted molar refractivity (Wildman–Crippen MR) is 88.6 cm³/mol. The predicted octanol–water partition coefficient (Wildman–Crippen LogP) is 2.21. The fourth-order valence-corrected chi connectivity index (χ4v) is 4.48. The van der Waals surface area contributed by atoms with E-state index in [4.69, 9.17) is 0 Å². The number of hydrogen-bond acceptors (Lipinski definition) is 3. The summed E-state index contributed by atoms with van der Waals surface area (Å²) in [4.78, 5) is 0.392. The van der Waals surface area contributed by atoms with Gasteiger partial charge in [0.2, 0.25) is 10.0 Å². The zero-order valence-electron chi connectivity index (χ0n) is 13.1. The monoisotopic (exact) mass is 321 g/mol. The first-order valence-corrected chi connectivity index (χ1v) is 9.25. The fourth-order valence-electron chi connectivity index (χ4n) is 2.96. The van der Waals surface area contributed by atoms with Crippen molar-refractivity contribution < 1.29 is 8.42 Å². The molecule has 1 aromatic heterocycles. The van der Waals surface area contributed by atoms with Gasteiger partial charge in [0.1, 0.15) is 0 Å². The summed E-state index contributed by atoms with van der Waals surface area (Å²) in [5.74, 6) is 0. The molecule has 2 aromatic rings. The van der Waals surface area contributed by atoms with Crippen LogP contribution in [-0.2, 0) is 10.0 Å². The molecule has 1 aliphatic rings. The molecule has 5 nitrogen and oxygen atoms in total. The van der Waals surface area contributed by atoms with E-state index in [1.165, 1.54) is 0 Å². The largest absolute Gasteiger partial charge is 0.345 e. The second-order valence-electron chi connectivity index (χ2n) is 6.05. The Bertz CT molecular complexity index is 757. The van der Waals surface area contributed by atoms with Gasteiger partial charge in [-0.05, 0) is 51.1 Å². The Kier molecular flexibility index (Phi) is 4.25. The Labute approximate surface area is 132 Å². The summed E-state index contributed by atoms with van der Waals surface area (Å²) in [7, 11) is -3.40. The number of nitrogens with one attached hydrogen (secondary N) is 1. The lowest BCUT2D eigenvalue weighted by atomic mass is 10.2. The lowest BCUT2D eigenvalue weighted by Crippen LogP contribution is -2.34. The van der Waals surface area contributed by atoms with Crippen molar-refractivity contribution in [3.05, 3.63) is 30.5 Å². The van der Waals surface area contributed by atoms with E-state index >= 15 is 0 Å². The second kappa shape index (κ2) is 6.02. The highest BCUT2D eigenvalue weighted by molar-refractivity contribution is 7.89. The highest BCUT2D eigenvalue weighted by Gasteiger charge is 2.25. The molecular formula is C16H23N3O2S. The molecule has 1 saturated heterocycles. The Balaban J connectivity index is 1.98. The molecule has 0 atom stereocenters. The van der Waals surface area contributed by atoms with Crippen molar-refractivity contribution in [1.29, 1.82) is 0 Å². The first-order chi connectivity index (χ1) is 10.5. The van der Waals surface area contributed by atoms with Gasteiger partial charge in [-0.1, -0.05) is 0 Å². The molecule has 6 heteroatoms. The maximum absolute atomic E-state index is 12.8. The minimum atomic E-state index is -3.40. The van der Waals surface area contributed by atoms with Crippen LogP contribution in [-0.4, -0.2) is 43.5 Å². The normalized spacial score (nSPS) is 18.0. The minimum absolute atomic E-state index is 0.358. The zero-order valence-corrected chi connectivity index (χ0v) is 13.9. The van der Waals surface area contributed by atoms with E-state index in [0.29, 0.717) is 30.6 Å². The Morgan fingerprint density at radius 1 is 1.14 bits per heavy atom. The van der Waals surface area contributed by atoms with Crippen LogP contribution in [0.5, 0.6) is 0 Å². The SMILES string of the molecule is CC(C)n1ccc2cc(S(=O)(=O)N3CCCNCC3)ccc21. The van der Waals surface area contributed by atoms with Crippen molar-refractivity contribution in [2.75, 3.05) is 26.2 Å². The van der Waals surface area contributed by atoms with E-state index in [0.717, 1.165) is 23.9 Å². The molecule has 0 saturated carbocycles. The van der Waals surface area contributed by atoms with E-state index in [1.807, 2.05) is 18.3 Å². The molecule has 3 rings (SSSR count). The molecule has 0 bridgehead atoms. The van der Waals surface area contributed by atoms with Crippen LogP contribution in [0.4, 0.5) is 0 Å². The molecular weight excluding hydrogens is 298 g/mol. The molecule has 22 heavy (non-hydrogen) atoms. The van der Waals surface area contributed by atoms with Crippen LogP contribution in [0.2, 0.25) is 0 Å². The van der Waals surface area contributed by atoms with Crippen molar-refractivity contribution in [3.63, 3.8) is 0 Å². The summed E-state index contributed by atoms with van der Waals surface area (Å²) < 4.78 is 29.4. The Morgan fingerprint density at radius 2 is 1.95 bits per heavy atom. The van der Waals surface area contributed by atoms with Crippen LogP contribution in [0.1, 0.15) is 26.3 Å². The van der Waals surface area contributed by atoms with Crippen LogP contribution in [0, 0.1) is 0 Å². The number of hydrogen-bond donors (Lipinski definition) is 1. The number of benzene rings is 1. The van der Waals surface area contributed by atoms with Gasteiger partial charge in [-0.15, -0.1) is 0 Å². The lowest BCUT2D eigenvalue weighted by molar-refractivity contribution is 0.432. The third-order valence-electron chi connectivity index (χ3n) is 4.19. The summed E-state index contributed by atoms with van der Waals surface area (Å²) >= 11 is 0. The molecule has 1 fully saturated rings. The number of nitrogens with zero attached hydrogens (tertiary/aromatic N) is 2. The van der Waals surface area contributed by atoms with Gasteiger partial charge in [0, 0.05) is 42.8 Å². The number of rotatable bonds is 3. The first kappa shape index (κ1) is 15.5. The van der Waals surface area contributed by atoms with Gasteiger partial charge in [0.25, 0.3) is 0 Å². The quantitative estimate of drug-likeness (QED) is 0.943. The van der Waals surface area contributed by atoms with Gasteiger partial charge in [-0.25, -0.2) is 8.42 Å². The Hall–Kier alpha value is -1.37. The van der Waals surface area contributed by atoms with E-state index in [-0.39, 0.29) is 0 Å². The smallest absolute Gasteiger partial charge is 0.243 e. The third-order valence-corrected chi connectivity index (χ3v) is 6.08. The van der Waals surface area contributed by atoms with E-state index in [9.17, 15) is 8.42 Å². The van der Waals surface area contributed by atoms with Gasteiger partial charge in [0.05, 0.1) is 4.90 Å². The zero-order chi connectivity index (χ0) is 15.7. The van der Waals surface area contributed by atoms with Crippen LogP contribution in [0.15, 0.2) is 35.4 Å². The minimum Gasteiger partial charge on any atom is -0.345 e. The molecule has 1 aliphatic heterocycles. The van der Waals surface area contributed by atoms with Crippen molar-refractivity contribution in [1.82, 2.24) is 14.2 Å². The lowest BCUT2D eigenvalue weighted by Gasteiger charge is -2.19. The van der Waals surface area contributed by atoms with E-state index in [2.05, 4.69) is 23.7 Å². The van der Waals surface area contributed by atoms with Crippen LogP contribution < -0.4 is 5.32 Å². The average molecular weight is 321 g/mol. The maximum Gasteiger partial charge on any atom is 0.243 e. The fraction of sp³-hybridized carbons (Fsp3) is 0.500. The van der Waals surface area contributed by atoms with Crippen LogP contribution in [0.25, 0.3) is 10.9 Å². The molecule has 0 aliphatic carbocycles. The summed E-state index contributed by atoms with van der Waals surface area (Å²) in [6.45, 7) is 6.95. The Morgan fingerprint density at radius 3 is 2.73 bits per heavy atom. The average Bonchev–Trinajstić information content (AvgIpc) is 2.71. The summed E-state index contributed by atoms with van der Waals surface area (Å²) in [5.41, 5.74) is 1.08. The van der Waals surface area contributed by atoms with Gasteiger partial charge in [-0.3, -0.25) is 0 Å². The van der Waals surface area contributed by atoms with Crippen molar-refractivity contribution in [2.45, 2.75) is 31.2 Å². The first-order valence-electron chi connectivity index (χ1n) is 7.81. The van der Waals surface area contributed by atoms with E-state index < -0.39 is 10.0 Å². The molecule has 0 amide bonds. The number of fused-ring (bicyclic) bond motifs is 1. The molecule has 0 unspecified atom stereocenters. The maximum atomic E-state index is 12.8. The van der Waals surface area contributed by atoms with Crippen LogP contribution >= 0.6 is 0 Å². The van der Waals surface area contributed by atoms with Gasteiger partial charge < -0.3 is 9.88 Å². The highest BCUT2D eigenvalue weighted by atomic mass is 32.2. The number of sulfonamides is 1. The molecule has 0 spiro atoms. The third kappa shape index (κ3) is 2.78. The van der Waals surface area contributed by atoms with Crippen molar-refractivity contribution >= 4 is 20.9 Å². The molecule has 120 valence electrons. The molecule has 1 aromatic carbocycles. The summed E-state index contributed by atoms with van der Waals surface area (Å²) in [6.07, 6.45) is 2.87. The standard InChI is InChI=1S/C16H23N3O2S/c1-13(2)19-10-6-14-12-15(4-5-16(14)19)22(20,21)18-9-3-7-17-8-11-18/h4-6,10,12-13,17H,3,7-9,11H2,1-2H3. The second-order valence-corrected chi connectivity index (χ2v) is 7.98. The summed E-state index contributed by atoms with van der Waals surface area (Å²) in [5, 5.41) is 4.21. The number of aromatic nitrogens is 1. The topological polar surface area (TPSA) is 54.3 Å². The highest BCUT2D eigenvalue weighted by Crippen LogP contribution is 2.25. The van der Waals surface area contributed by atoms with Gasteiger partial charge in [-0.2, -0.15) is 4.31 Å². The molecule has 1 N–H and O–H groups in total. The van der Waals surface area contributed by atoms with Crippen molar-refractivity contribution in [2.24, 2.45) is 0 Å². The van der Waals surface area contributed by atoms with Crippen molar-refractivity contribution in [3.8, 4) is 0 Å². The molecule has 0 radical (unpaired) electrons. The van der Waals surface area contributed by atoms with E-state index in [1.54, 1.807) is 16.4 Å². The molecule has 2 heterocycles. The van der Waals surface area contributed by atoms with Crippen LogP contribution in [0.3, 0.4) is 0 Å².